The van der Waals surface area contributed by atoms with E-state index in [1.807, 2.05) is 23.1 Å². The summed E-state index contributed by atoms with van der Waals surface area (Å²) in [7, 11) is 0. The number of ether oxygens (including phenoxy) is 1. The number of nitrogens with one attached hydrogen (secondary N) is 1. The van der Waals surface area contributed by atoms with Crippen LogP contribution in [0.15, 0.2) is 67.8 Å². The molecule has 1 fully saturated rings. The highest BCUT2D eigenvalue weighted by Crippen LogP contribution is 2.35. The first kappa shape index (κ1) is 22.6. The summed E-state index contributed by atoms with van der Waals surface area (Å²) in [5.74, 6) is -0.315. The van der Waals surface area contributed by atoms with Crippen LogP contribution in [0.1, 0.15) is 5.56 Å². The van der Waals surface area contributed by atoms with Gasteiger partial charge in [-0.2, -0.15) is 0 Å². The van der Waals surface area contributed by atoms with Crippen LogP contribution < -0.4 is 15.0 Å². The molecule has 33 heavy (non-hydrogen) atoms. The lowest BCUT2D eigenvalue weighted by molar-refractivity contribution is -0.274. The Kier molecular flexibility index (Phi) is 6.21. The first-order chi connectivity index (χ1) is 15.7. The van der Waals surface area contributed by atoms with E-state index in [-0.39, 0.29) is 18.8 Å². The van der Waals surface area contributed by atoms with Gasteiger partial charge in [0, 0.05) is 53.7 Å². The summed E-state index contributed by atoms with van der Waals surface area (Å²) in [6.07, 6.45) is -1.69. The molecule has 4 rings (SSSR count). The van der Waals surface area contributed by atoms with Gasteiger partial charge < -0.3 is 25.2 Å². The molecular formula is C23H21F3N4O3. The fourth-order valence-electron chi connectivity index (χ4n) is 3.62. The molecule has 2 atom stereocenters. The minimum atomic E-state index is -4.75. The first-order valence-corrected chi connectivity index (χ1v) is 10.0. The molecule has 3 aromatic rings. The summed E-state index contributed by atoms with van der Waals surface area (Å²) in [6, 6.07) is 10.9. The van der Waals surface area contributed by atoms with Gasteiger partial charge in [0.25, 0.3) is 0 Å². The molecule has 0 spiro atoms. The van der Waals surface area contributed by atoms with Gasteiger partial charge in [0.15, 0.2) is 0 Å². The number of aliphatic hydroxyl groups is 2. The van der Waals surface area contributed by atoms with Gasteiger partial charge in [-0.25, -0.2) is 9.97 Å². The van der Waals surface area contributed by atoms with E-state index in [1.165, 1.54) is 30.6 Å². The number of halogens is 3. The molecule has 0 saturated carbocycles. The number of hydrogen-bond acceptors (Lipinski definition) is 7. The summed E-state index contributed by atoms with van der Waals surface area (Å²) in [6.45, 7) is 4.61. The zero-order chi connectivity index (χ0) is 23.6. The lowest BCUT2D eigenvalue weighted by Crippen LogP contribution is -2.22. The van der Waals surface area contributed by atoms with E-state index in [9.17, 15) is 23.4 Å². The lowest BCUT2D eigenvalue weighted by atomic mass is 10.0. The summed E-state index contributed by atoms with van der Waals surface area (Å²) in [4.78, 5) is 10.0. The van der Waals surface area contributed by atoms with E-state index in [4.69, 9.17) is 0 Å². The SMILES string of the molecule is C=C(Nc1ccc(OC(F)(F)F)cc1)c1ccc(N2C[C@H](O)[C@@H](O)C2)c(-c2cncnc2)c1. The molecule has 0 unspecified atom stereocenters. The Morgan fingerprint density at radius 3 is 2.27 bits per heavy atom. The summed E-state index contributed by atoms with van der Waals surface area (Å²) in [5, 5.41) is 23.0. The van der Waals surface area contributed by atoms with Gasteiger partial charge >= 0.3 is 6.36 Å². The molecule has 0 radical (unpaired) electrons. The van der Waals surface area contributed by atoms with E-state index >= 15 is 0 Å². The Balaban J connectivity index is 1.58. The molecule has 1 aliphatic rings. The Bertz CT molecular complexity index is 1110. The first-order valence-electron chi connectivity index (χ1n) is 10.0. The van der Waals surface area contributed by atoms with Crippen molar-refractivity contribution in [1.29, 1.82) is 0 Å². The monoisotopic (exact) mass is 458 g/mol. The van der Waals surface area contributed by atoms with E-state index in [1.54, 1.807) is 12.4 Å². The normalized spacial score (nSPS) is 18.3. The largest absolute Gasteiger partial charge is 0.573 e. The van der Waals surface area contributed by atoms with Crippen molar-refractivity contribution in [2.45, 2.75) is 18.6 Å². The highest BCUT2D eigenvalue weighted by atomic mass is 19.4. The molecule has 172 valence electrons. The van der Waals surface area contributed by atoms with Crippen molar-refractivity contribution in [2.24, 2.45) is 0 Å². The summed E-state index contributed by atoms with van der Waals surface area (Å²) >= 11 is 0. The van der Waals surface area contributed by atoms with Crippen molar-refractivity contribution in [3.8, 4) is 16.9 Å². The number of alkyl halides is 3. The van der Waals surface area contributed by atoms with Crippen LogP contribution in [-0.4, -0.2) is 51.8 Å². The molecule has 0 amide bonds. The molecule has 0 aliphatic carbocycles. The Morgan fingerprint density at radius 1 is 1.03 bits per heavy atom. The minimum absolute atomic E-state index is 0.284. The van der Waals surface area contributed by atoms with Crippen LogP contribution in [0.3, 0.4) is 0 Å². The van der Waals surface area contributed by atoms with E-state index in [0.717, 1.165) is 22.4 Å². The van der Waals surface area contributed by atoms with Crippen LogP contribution in [0, 0.1) is 0 Å². The maximum atomic E-state index is 12.3. The van der Waals surface area contributed by atoms with Gasteiger partial charge in [-0.15, -0.1) is 13.2 Å². The molecule has 1 aromatic heterocycles. The van der Waals surface area contributed by atoms with Gasteiger partial charge in [-0.3, -0.25) is 0 Å². The smallest absolute Gasteiger partial charge is 0.406 e. The van der Waals surface area contributed by atoms with Crippen LogP contribution in [0.2, 0.25) is 0 Å². The number of nitrogens with zero attached hydrogens (tertiary/aromatic N) is 3. The number of anilines is 2. The third-order valence-corrected chi connectivity index (χ3v) is 5.20. The molecule has 10 heteroatoms. The number of aromatic nitrogens is 2. The van der Waals surface area contributed by atoms with Gasteiger partial charge in [0.2, 0.25) is 0 Å². The highest BCUT2D eigenvalue weighted by molar-refractivity contribution is 5.84. The second-order valence-electron chi connectivity index (χ2n) is 7.57. The fourth-order valence-corrected chi connectivity index (χ4v) is 3.62. The second kappa shape index (κ2) is 9.08. The number of hydrogen-bond donors (Lipinski definition) is 3. The molecule has 2 aromatic carbocycles. The maximum absolute atomic E-state index is 12.3. The van der Waals surface area contributed by atoms with Crippen LogP contribution in [0.5, 0.6) is 5.75 Å². The number of benzene rings is 2. The molecule has 1 saturated heterocycles. The van der Waals surface area contributed by atoms with Crippen molar-refractivity contribution in [2.75, 3.05) is 23.3 Å². The fraction of sp³-hybridized carbons (Fsp3) is 0.217. The Hall–Kier alpha value is -3.63. The Labute approximate surface area is 187 Å². The third-order valence-electron chi connectivity index (χ3n) is 5.20. The molecule has 2 heterocycles. The standard InChI is InChI=1S/C23H21F3N4O3/c1-14(29-17-3-5-18(6-4-17)33-23(24,25)26)15-2-7-20(30-11-21(31)22(32)12-30)19(8-15)16-9-27-13-28-10-16/h2-10,13,21-22,29,31-32H,1,11-12H2/t21-,22-/m0/s1. The number of aliphatic hydroxyl groups excluding tert-OH is 2. The van der Waals surface area contributed by atoms with Crippen molar-refractivity contribution in [1.82, 2.24) is 9.97 Å². The van der Waals surface area contributed by atoms with E-state index in [2.05, 4.69) is 26.6 Å². The molecule has 1 aliphatic heterocycles. The number of rotatable bonds is 6. The molecule has 7 nitrogen and oxygen atoms in total. The predicted octanol–water partition coefficient (Wildman–Crippen LogP) is 3.67. The Morgan fingerprint density at radius 2 is 1.67 bits per heavy atom. The highest BCUT2D eigenvalue weighted by Gasteiger charge is 2.32. The van der Waals surface area contributed by atoms with Crippen molar-refractivity contribution in [3.63, 3.8) is 0 Å². The second-order valence-corrected chi connectivity index (χ2v) is 7.57. The average molecular weight is 458 g/mol. The maximum Gasteiger partial charge on any atom is 0.573 e. The van der Waals surface area contributed by atoms with Crippen LogP contribution in [0.25, 0.3) is 16.8 Å². The zero-order valence-corrected chi connectivity index (χ0v) is 17.3. The van der Waals surface area contributed by atoms with Gasteiger partial charge in [-0.1, -0.05) is 12.6 Å². The van der Waals surface area contributed by atoms with Gasteiger partial charge in [0.05, 0.1) is 12.2 Å². The minimum Gasteiger partial charge on any atom is -0.406 e. The van der Waals surface area contributed by atoms with E-state index in [0.29, 0.717) is 11.4 Å². The van der Waals surface area contributed by atoms with Crippen molar-refractivity contribution >= 4 is 17.1 Å². The van der Waals surface area contributed by atoms with E-state index < -0.39 is 18.6 Å². The van der Waals surface area contributed by atoms with Gasteiger partial charge in [0.1, 0.15) is 12.1 Å². The predicted molar refractivity (Wildman–Crippen MR) is 117 cm³/mol. The van der Waals surface area contributed by atoms with Crippen LogP contribution >= 0.6 is 0 Å². The zero-order valence-electron chi connectivity index (χ0n) is 17.3. The average Bonchev–Trinajstić information content (AvgIpc) is 3.12. The molecular weight excluding hydrogens is 437 g/mol. The molecule has 0 bridgehead atoms. The lowest BCUT2D eigenvalue weighted by Gasteiger charge is -2.23. The third kappa shape index (κ3) is 5.41. The van der Waals surface area contributed by atoms with Gasteiger partial charge in [-0.05, 0) is 42.0 Å². The quantitative estimate of drug-likeness (QED) is 0.519. The summed E-state index contributed by atoms with van der Waals surface area (Å²) in [5.41, 5.74) is 4.11. The van der Waals surface area contributed by atoms with Crippen molar-refractivity contribution < 1.29 is 28.1 Å². The summed E-state index contributed by atoms with van der Waals surface area (Å²) < 4.78 is 40.9. The van der Waals surface area contributed by atoms with Crippen LogP contribution in [-0.2, 0) is 0 Å². The number of β-amino-alcohol motifs (C(OH)–C–C–N with tert-alkyl or cyclic N) is 2. The topological polar surface area (TPSA) is 90.7 Å². The van der Waals surface area contributed by atoms with Crippen LogP contribution in [0.4, 0.5) is 24.5 Å². The molecule has 3 N–H and O–H groups in total. The van der Waals surface area contributed by atoms with Crippen molar-refractivity contribution in [3.05, 3.63) is 73.3 Å².